The van der Waals surface area contributed by atoms with Crippen molar-refractivity contribution >= 4 is 15.9 Å². The van der Waals surface area contributed by atoms with Crippen LogP contribution in [0.4, 0.5) is 5.69 Å². The predicted octanol–water partition coefficient (Wildman–Crippen LogP) is 0.481. The first-order chi connectivity index (χ1) is 8.04. The van der Waals surface area contributed by atoms with Crippen LogP contribution in [0.5, 0.6) is 0 Å². The Bertz CT molecular complexity index is 513. The van der Waals surface area contributed by atoms with Gasteiger partial charge in [0.05, 0.1) is 0 Å². The standard InChI is InChI=1S/C11H17N3O2S/c1-2-13-17(15,16)14-7-6-9-4-3-5-11(12)10(9)8-14/h3-5,13H,2,6-8,12H2,1H3. The lowest BCUT2D eigenvalue weighted by Crippen LogP contribution is -2.43. The van der Waals surface area contributed by atoms with Crippen LogP contribution in [-0.4, -0.2) is 25.8 Å². The van der Waals surface area contributed by atoms with Crippen molar-refractivity contribution < 1.29 is 8.42 Å². The Labute approximate surface area is 102 Å². The molecule has 0 fully saturated rings. The van der Waals surface area contributed by atoms with E-state index in [0.29, 0.717) is 31.7 Å². The summed E-state index contributed by atoms with van der Waals surface area (Å²) < 4.78 is 27.7. The second-order valence-corrected chi connectivity index (χ2v) is 5.83. The van der Waals surface area contributed by atoms with Crippen LogP contribution in [0.25, 0.3) is 0 Å². The van der Waals surface area contributed by atoms with Crippen molar-refractivity contribution in [2.45, 2.75) is 19.9 Å². The van der Waals surface area contributed by atoms with Crippen molar-refractivity contribution in [3.63, 3.8) is 0 Å². The lowest BCUT2D eigenvalue weighted by Gasteiger charge is -2.28. The molecule has 0 saturated heterocycles. The first-order valence-corrected chi connectivity index (χ1v) is 7.09. The predicted molar refractivity (Wildman–Crippen MR) is 67.6 cm³/mol. The number of hydrogen-bond donors (Lipinski definition) is 2. The van der Waals surface area contributed by atoms with E-state index in [4.69, 9.17) is 5.73 Å². The van der Waals surface area contributed by atoms with Gasteiger partial charge in [-0.25, -0.2) is 4.72 Å². The van der Waals surface area contributed by atoms with E-state index in [0.717, 1.165) is 11.1 Å². The molecule has 1 aromatic carbocycles. The van der Waals surface area contributed by atoms with E-state index in [9.17, 15) is 8.42 Å². The minimum atomic E-state index is -3.37. The van der Waals surface area contributed by atoms with Gasteiger partial charge in [-0.1, -0.05) is 19.1 Å². The molecule has 0 atom stereocenters. The molecule has 0 spiro atoms. The second-order valence-electron chi connectivity index (χ2n) is 4.07. The largest absolute Gasteiger partial charge is 0.398 e. The molecule has 3 N–H and O–H groups in total. The number of nitrogens with two attached hydrogens (primary N) is 1. The summed E-state index contributed by atoms with van der Waals surface area (Å²) >= 11 is 0. The van der Waals surface area contributed by atoms with Crippen LogP contribution in [0.1, 0.15) is 18.1 Å². The summed E-state index contributed by atoms with van der Waals surface area (Å²) in [5.74, 6) is 0. The number of anilines is 1. The maximum absolute atomic E-state index is 11.9. The third kappa shape index (κ3) is 2.43. The summed E-state index contributed by atoms with van der Waals surface area (Å²) in [5, 5.41) is 0. The van der Waals surface area contributed by atoms with Gasteiger partial charge in [0.1, 0.15) is 0 Å². The first kappa shape index (κ1) is 12.3. The number of fused-ring (bicyclic) bond motifs is 1. The van der Waals surface area contributed by atoms with Gasteiger partial charge in [-0.3, -0.25) is 0 Å². The molecule has 17 heavy (non-hydrogen) atoms. The van der Waals surface area contributed by atoms with Crippen LogP contribution in [-0.2, 0) is 23.2 Å². The molecule has 1 aliphatic rings. The van der Waals surface area contributed by atoms with E-state index in [2.05, 4.69) is 4.72 Å². The SMILES string of the molecule is CCNS(=O)(=O)N1CCc2cccc(N)c2C1. The highest BCUT2D eigenvalue weighted by Crippen LogP contribution is 2.25. The summed E-state index contributed by atoms with van der Waals surface area (Å²) in [7, 11) is -3.37. The Morgan fingerprint density at radius 2 is 2.24 bits per heavy atom. The summed E-state index contributed by atoms with van der Waals surface area (Å²) in [6, 6.07) is 5.72. The maximum Gasteiger partial charge on any atom is 0.279 e. The number of nitrogens with one attached hydrogen (secondary N) is 1. The molecule has 5 nitrogen and oxygen atoms in total. The molecule has 1 aromatic rings. The minimum Gasteiger partial charge on any atom is -0.398 e. The van der Waals surface area contributed by atoms with Crippen molar-refractivity contribution in [3.05, 3.63) is 29.3 Å². The van der Waals surface area contributed by atoms with Gasteiger partial charge in [0.25, 0.3) is 10.2 Å². The normalized spacial score (nSPS) is 16.8. The fourth-order valence-corrected chi connectivity index (χ4v) is 3.24. The molecule has 0 aromatic heterocycles. The van der Waals surface area contributed by atoms with Crippen molar-refractivity contribution in [2.24, 2.45) is 0 Å². The van der Waals surface area contributed by atoms with E-state index in [1.165, 1.54) is 4.31 Å². The van der Waals surface area contributed by atoms with Crippen LogP contribution in [0.15, 0.2) is 18.2 Å². The molecule has 1 heterocycles. The molecule has 0 amide bonds. The zero-order valence-corrected chi connectivity index (χ0v) is 10.6. The van der Waals surface area contributed by atoms with Gasteiger partial charge in [-0.15, -0.1) is 0 Å². The minimum absolute atomic E-state index is 0.358. The topological polar surface area (TPSA) is 75.4 Å². The molecule has 0 saturated carbocycles. The van der Waals surface area contributed by atoms with Gasteiger partial charge in [0.2, 0.25) is 0 Å². The fraction of sp³-hybridized carbons (Fsp3) is 0.455. The highest BCUT2D eigenvalue weighted by Gasteiger charge is 2.26. The zero-order chi connectivity index (χ0) is 12.5. The Morgan fingerprint density at radius 1 is 1.47 bits per heavy atom. The molecule has 2 rings (SSSR count). The Morgan fingerprint density at radius 3 is 2.94 bits per heavy atom. The van der Waals surface area contributed by atoms with Crippen LogP contribution in [0.3, 0.4) is 0 Å². The maximum atomic E-state index is 11.9. The second kappa shape index (κ2) is 4.64. The van der Waals surface area contributed by atoms with Crippen LogP contribution in [0, 0.1) is 0 Å². The van der Waals surface area contributed by atoms with Crippen molar-refractivity contribution in [2.75, 3.05) is 18.8 Å². The third-order valence-electron chi connectivity index (χ3n) is 2.94. The molecule has 0 bridgehead atoms. The molecule has 6 heteroatoms. The lowest BCUT2D eigenvalue weighted by atomic mass is 10.00. The molecule has 0 radical (unpaired) electrons. The third-order valence-corrected chi connectivity index (χ3v) is 4.59. The summed E-state index contributed by atoms with van der Waals surface area (Å²) in [6.07, 6.45) is 0.713. The van der Waals surface area contributed by atoms with Gasteiger partial charge >= 0.3 is 0 Å². The number of nitrogen functional groups attached to an aromatic ring is 1. The average Bonchev–Trinajstić information content (AvgIpc) is 2.29. The molecular formula is C11H17N3O2S. The van der Waals surface area contributed by atoms with Crippen molar-refractivity contribution in [1.29, 1.82) is 0 Å². The number of benzene rings is 1. The number of nitrogens with zero attached hydrogens (tertiary/aromatic N) is 1. The quantitative estimate of drug-likeness (QED) is 0.771. The van der Waals surface area contributed by atoms with Crippen LogP contribution >= 0.6 is 0 Å². The Balaban J connectivity index is 2.27. The fourth-order valence-electron chi connectivity index (χ4n) is 2.06. The van der Waals surface area contributed by atoms with Crippen molar-refractivity contribution in [1.82, 2.24) is 9.03 Å². The van der Waals surface area contributed by atoms with Gasteiger partial charge in [-0.05, 0) is 23.6 Å². The smallest absolute Gasteiger partial charge is 0.279 e. The Kier molecular flexibility index (Phi) is 3.37. The zero-order valence-electron chi connectivity index (χ0n) is 9.81. The average molecular weight is 255 g/mol. The lowest BCUT2D eigenvalue weighted by molar-refractivity contribution is 0.385. The highest BCUT2D eigenvalue weighted by molar-refractivity contribution is 7.87. The van der Waals surface area contributed by atoms with Gasteiger partial charge in [0, 0.05) is 25.3 Å². The highest BCUT2D eigenvalue weighted by atomic mass is 32.2. The Hall–Kier alpha value is -1.11. The molecule has 1 aliphatic heterocycles. The van der Waals surface area contributed by atoms with E-state index < -0.39 is 10.2 Å². The van der Waals surface area contributed by atoms with E-state index >= 15 is 0 Å². The summed E-state index contributed by atoms with van der Waals surface area (Å²) in [4.78, 5) is 0. The molecule has 0 aliphatic carbocycles. The van der Waals surface area contributed by atoms with E-state index in [-0.39, 0.29) is 0 Å². The molecule has 94 valence electrons. The van der Waals surface area contributed by atoms with Crippen LogP contribution < -0.4 is 10.5 Å². The van der Waals surface area contributed by atoms with Gasteiger partial charge < -0.3 is 5.73 Å². The van der Waals surface area contributed by atoms with Crippen LogP contribution in [0.2, 0.25) is 0 Å². The summed E-state index contributed by atoms with van der Waals surface area (Å²) in [6.45, 7) is 3.03. The van der Waals surface area contributed by atoms with E-state index in [1.54, 1.807) is 6.92 Å². The molecule has 0 unspecified atom stereocenters. The summed E-state index contributed by atoms with van der Waals surface area (Å²) in [5.41, 5.74) is 8.62. The van der Waals surface area contributed by atoms with E-state index in [1.807, 2.05) is 18.2 Å². The molecular weight excluding hydrogens is 238 g/mol. The van der Waals surface area contributed by atoms with Gasteiger partial charge in [0.15, 0.2) is 0 Å². The monoisotopic (exact) mass is 255 g/mol. The first-order valence-electron chi connectivity index (χ1n) is 5.65. The van der Waals surface area contributed by atoms with Crippen molar-refractivity contribution in [3.8, 4) is 0 Å². The number of rotatable bonds is 3. The number of hydrogen-bond acceptors (Lipinski definition) is 3. The van der Waals surface area contributed by atoms with Gasteiger partial charge in [-0.2, -0.15) is 12.7 Å².